The molecular formula is C24H30N4O6S3. The Morgan fingerprint density at radius 3 is 2.35 bits per heavy atom. The number of nitrogens with zero attached hydrogens (tertiary/aromatic N) is 3. The van der Waals surface area contributed by atoms with Gasteiger partial charge in [0.05, 0.1) is 26.6 Å². The lowest BCUT2D eigenvalue weighted by Gasteiger charge is -2.30. The highest BCUT2D eigenvalue weighted by molar-refractivity contribution is 7.89. The number of sulfonamides is 2. The van der Waals surface area contributed by atoms with Crippen LogP contribution in [0.5, 0.6) is 0 Å². The van der Waals surface area contributed by atoms with E-state index in [4.69, 9.17) is 9.88 Å². The summed E-state index contributed by atoms with van der Waals surface area (Å²) in [5.74, 6) is -0.547. The molecule has 2 N–H and O–H groups in total. The Hall–Kier alpha value is -2.42. The van der Waals surface area contributed by atoms with Crippen LogP contribution in [0.2, 0.25) is 0 Å². The van der Waals surface area contributed by atoms with Crippen molar-refractivity contribution >= 4 is 47.5 Å². The number of benzene rings is 2. The normalized spacial score (nSPS) is 16.1. The van der Waals surface area contributed by atoms with E-state index in [1.165, 1.54) is 40.7 Å². The number of fused-ring (bicyclic) bond motifs is 1. The van der Waals surface area contributed by atoms with E-state index >= 15 is 0 Å². The first-order valence-corrected chi connectivity index (χ1v) is 15.6. The summed E-state index contributed by atoms with van der Waals surface area (Å²) >= 11 is 1.15. The molecule has 0 saturated heterocycles. The van der Waals surface area contributed by atoms with E-state index in [1.54, 1.807) is 24.8 Å². The Bertz CT molecular complexity index is 1570. The van der Waals surface area contributed by atoms with Gasteiger partial charge in [-0.1, -0.05) is 30.6 Å². The molecule has 0 aliphatic heterocycles. The van der Waals surface area contributed by atoms with Gasteiger partial charge in [-0.3, -0.25) is 4.79 Å². The van der Waals surface area contributed by atoms with Crippen molar-refractivity contribution in [3.05, 3.63) is 52.8 Å². The van der Waals surface area contributed by atoms with Crippen LogP contribution < -0.4 is 9.94 Å². The van der Waals surface area contributed by atoms with E-state index in [9.17, 15) is 21.6 Å². The van der Waals surface area contributed by atoms with Crippen LogP contribution in [0.4, 0.5) is 0 Å². The van der Waals surface area contributed by atoms with Gasteiger partial charge < -0.3 is 9.30 Å². The zero-order valence-corrected chi connectivity index (χ0v) is 23.1. The third-order valence-corrected chi connectivity index (χ3v) is 10.4. The zero-order chi connectivity index (χ0) is 26.8. The molecule has 200 valence electrons. The summed E-state index contributed by atoms with van der Waals surface area (Å²) in [7, 11) is -4.40. The van der Waals surface area contributed by atoms with Crippen LogP contribution in [-0.2, 0) is 31.3 Å². The Morgan fingerprint density at radius 2 is 1.73 bits per heavy atom. The van der Waals surface area contributed by atoms with E-state index in [1.807, 2.05) is 0 Å². The van der Waals surface area contributed by atoms with Gasteiger partial charge >= 0.3 is 0 Å². The summed E-state index contributed by atoms with van der Waals surface area (Å²) in [6, 6.07) is 10.2. The van der Waals surface area contributed by atoms with Crippen molar-refractivity contribution in [2.24, 2.45) is 10.1 Å². The van der Waals surface area contributed by atoms with Gasteiger partial charge in [-0.2, -0.15) is 9.30 Å². The van der Waals surface area contributed by atoms with Crippen LogP contribution >= 0.6 is 11.3 Å². The number of thiazole rings is 1. The number of aromatic nitrogens is 1. The van der Waals surface area contributed by atoms with Crippen LogP contribution in [0.25, 0.3) is 10.2 Å². The molecule has 4 rings (SSSR count). The lowest BCUT2D eigenvalue weighted by Crippen LogP contribution is -2.38. The monoisotopic (exact) mass is 566 g/mol. The number of rotatable bonds is 8. The quantitative estimate of drug-likeness (QED) is 0.444. The molecule has 10 nitrogen and oxygen atoms in total. The molecule has 0 atom stereocenters. The smallest absolute Gasteiger partial charge is 0.279 e. The molecule has 1 aromatic heterocycles. The molecule has 1 aliphatic rings. The lowest BCUT2D eigenvalue weighted by atomic mass is 9.96. The van der Waals surface area contributed by atoms with E-state index in [-0.39, 0.29) is 21.4 Å². The van der Waals surface area contributed by atoms with E-state index in [0.717, 1.165) is 43.4 Å². The molecule has 1 amide bonds. The number of nitrogens with two attached hydrogens (primary N) is 1. The number of methoxy groups -OCH3 is 1. The fourth-order valence-corrected chi connectivity index (χ4v) is 7.57. The predicted molar refractivity (Wildman–Crippen MR) is 141 cm³/mol. The van der Waals surface area contributed by atoms with Crippen LogP contribution in [0.15, 0.2) is 57.2 Å². The molecular weight excluding hydrogens is 536 g/mol. The Morgan fingerprint density at radius 1 is 1.08 bits per heavy atom. The van der Waals surface area contributed by atoms with E-state index < -0.39 is 26.0 Å². The molecule has 1 fully saturated rings. The molecule has 37 heavy (non-hydrogen) atoms. The van der Waals surface area contributed by atoms with Gasteiger partial charge in [-0.15, -0.1) is 0 Å². The molecule has 1 aliphatic carbocycles. The Labute approximate surface area is 220 Å². The summed E-state index contributed by atoms with van der Waals surface area (Å²) in [6.07, 6.45) is 4.86. The number of ether oxygens (including phenoxy) is 1. The maximum absolute atomic E-state index is 13.1. The molecule has 2 aromatic carbocycles. The number of primary sulfonamides is 1. The molecule has 0 spiro atoms. The maximum Gasteiger partial charge on any atom is 0.279 e. The average molecular weight is 567 g/mol. The van der Waals surface area contributed by atoms with E-state index in [2.05, 4.69) is 4.99 Å². The summed E-state index contributed by atoms with van der Waals surface area (Å²) < 4.78 is 58.7. The first-order chi connectivity index (χ1) is 17.5. The van der Waals surface area contributed by atoms with Gasteiger partial charge in [-0.25, -0.2) is 22.0 Å². The third kappa shape index (κ3) is 6.02. The second-order valence-electron chi connectivity index (χ2n) is 8.96. The van der Waals surface area contributed by atoms with Crippen molar-refractivity contribution in [2.45, 2.75) is 54.5 Å². The highest BCUT2D eigenvalue weighted by Gasteiger charge is 2.29. The molecule has 0 unspecified atom stereocenters. The molecule has 3 aromatic rings. The topological polar surface area (TPSA) is 141 Å². The van der Waals surface area contributed by atoms with Gasteiger partial charge in [0.25, 0.3) is 5.91 Å². The minimum Gasteiger partial charge on any atom is -0.383 e. The zero-order valence-electron chi connectivity index (χ0n) is 20.7. The lowest BCUT2D eigenvalue weighted by molar-refractivity contribution is 0.0997. The standard InChI is InChI=1S/C24H30N4O6S3/c1-27(18-6-4-3-5-7-18)37(32,33)19-10-8-17(9-11-19)23(29)26-24-28(14-15-34-2)21-13-12-20(36(25,30)31)16-22(21)35-24/h8-13,16,18H,3-7,14-15H2,1-2H3,(H2,25,30,31). The number of hydrogen-bond donors (Lipinski definition) is 1. The summed E-state index contributed by atoms with van der Waals surface area (Å²) in [5, 5.41) is 5.26. The average Bonchev–Trinajstić information content (AvgIpc) is 3.23. The fraction of sp³-hybridized carbons (Fsp3) is 0.417. The largest absolute Gasteiger partial charge is 0.383 e. The van der Waals surface area contributed by atoms with Crippen LogP contribution in [0.3, 0.4) is 0 Å². The van der Waals surface area contributed by atoms with Crippen molar-refractivity contribution in [3.8, 4) is 0 Å². The molecule has 13 heteroatoms. The molecule has 1 heterocycles. The van der Waals surface area contributed by atoms with E-state index in [0.29, 0.717) is 28.2 Å². The van der Waals surface area contributed by atoms with Crippen molar-refractivity contribution < 1.29 is 26.4 Å². The van der Waals surface area contributed by atoms with Crippen LogP contribution in [0, 0.1) is 0 Å². The predicted octanol–water partition coefficient (Wildman–Crippen LogP) is 2.69. The first-order valence-electron chi connectivity index (χ1n) is 11.8. The molecule has 1 saturated carbocycles. The summed E-state index contributed by atoms with van der Waals surface area (Å²) in [6.45, 7) is 0.743. The van der Waals surface area contributed by atoms with Crippen LogP contribution in [-0.4, -0.2) is 58.4 Å². The minimum absolute atomic E-state index is 0.0136. The number of carbonyl (C=O) groups is 1. The number of amides is 1. The Balaban J connectivity index is 1.65. The van der Waals surface area contributed by atoms with Gasteiger partial charge in [-0.05, 0) is 55.3 Å². The maximum atomic E-state index is 13.1. The van der Waals surface area contributed by atoms with Gasteiger partial charge in [0.2, 0.25) is 20.0 Å². The number of carbonyl (C=O) groups excluding carboxylic acids is 1. The molecule has 0 radical (unpaired) electrons. The van der Waals surface area contributed by atoms with Gasteiger partial charge in [0, 0.05) is 32.3 Å². The second-order valence-corrected chi connectivity index (χ2v) is 13.5. The van der Waals surface area contributed by atoms with Gasteiger partial charge in [0.1, 0.15) is 0 Å². The van der Waals surface area contributed by atoms with Crippen LogP contribution in [0.1, 0.15) is 42.5 Å². The SMILES string of the molecule is COCCn1c(=NC(=O)c2ccc(S(=O)(=O)N(C)C3CCCCC3)cc2)sc2cc(S(N)(=O)=O)ccc21. The second kappa shape index (κ2) is 11.1. The minimum atomic E-state index is -3.89. The number of hydrogen-bond acceptors (Lipinski definition) is 7. The Kier molecular flexibility index (Phi) is 8.31. The summed E-state index contributed by atoms with van der Waals surface area (Å²) in [4.78, 5) is 17.7. The molecule has 0 bridgehead atoms. The summed E-state index contributed by atoms with van der Waals surface area (Å²) in [5.41, 5.74) is 0.924. The van der Waals surface area contributed by atoms with Crippen molar-refractivity contribution in [1.82, 2.24) is 8.87 Å². The van der Waals surface area contributed by atoms with Crippen molar-refractivity contribution in [3.63, 3.8) is 0 Å². The third-order valence-electron chi connectivity index (χ3n) is 6.57. The first kappa shape index (κ1) is 27.6. The highest BCUT2D eigenvalue weighted by atomic mass is 32.2. The fourth-order valence-electron chi connectivity index (χ4n) is 4.44. The van der Waals surface area contributed by atoms with Gasteiger partial charge in [0.15, 0.2) is 4.80 Å². The van der Waals surface area contributed by atoms with Crippen molar-refractivity contribution in [2.75, 3.05) is 20.8 Å². The van der Waals surface area contributed by atoms with Crippen molar-refractivity contribution in [1.29, 1.82) is 0 Å². The highest BCUT2D eigenvalue weighted by Crippen LogP contribution is 2.27.